The van der Waals surface area contributed by atoms with Crippen molar-refractivity contribution in [2.24, 2.45) is 5.92 Å². The van der Waals surface area contributed by atoms with Gasteiger partial charge in [0.05, 0.1) is 32.8 Å². The summed E-state index contributed by atoms with van der Waals surface area (Å²) in [5.41, 5.74) is 3.06. The molecule has 0 bridgehead atoms. The highest BCUT2D eigenvalue weighted by Crippen LogP contribution is 2.40. The number of benzene rings is 3. The van der Waals surface area contributed by atoms with Gasteiger partial charge < -0.3 is 24.1 Å². The third-order valence-electron chi connectivity index (χ3n) is 6.71. The number of piperidine rings is 1. The average Bonchev–Trinajstić information content (AvgIpc) is 2.93. The monoisotopic (exact) mass is 505 g/mol. The van der Waals surface area contributed by atoms with Crippen LogP contribution in [-0.4, -0.2) is 49.9 Å². The number of carbonyl (C=O) groups is 1. The van der Waals surface area contributed by atoms with Crippen LogP contribution in [0.3, 0.4) is 0 Å². The number of ether oxygens (including phenoxy) is 4. The second-order valence-electron chi connectivity index (χ2n) is 9.10. The van der Waals surface area contributed by atoms with E-state index in [4.69, 9.17) is 18.9 Å². The first-order valence-corrected chi connectivity index (χ1v) is 12.7. The molecule has 1 aliphatic heterocycles. The molecule has 7 nitrogen and oxygen atoms in total. The van der Waals surface area contributed by atoms with Crippen LogP contribution in [0.15, 0.2) is 66.7 Å². The summed E-state index contributed by atoms with van der Waals surface area (Å²) < 4.78 is 23.2. The summed E-state index contributed by atoms with van der Waals surface area (Å²) in [6.07, 6.45) is 1.50. The van der Waals surface area contributed by atoms with E-state index in [1.165, 1.54) is 0 Å². The van der Waals surface area contributed by atoms with E-state index in [9.17, 15) is 9.90 Å². The number of hydrogen-bond donors (Lipinski definition) is 1. The van der Waals surface area contributed by atoms with Crippen molar-refractivity contribution in [1.29, 1.82) is 0 Å². The lowest BCUT2D eigenvalue weighted by Gasteiger charge is -2.38. The minimum Gasteiger partial charge on any atom is -0.493 e. The fourth-order valence-electron chi connectivity index (χ4n) is 4.90. The molecule has 37 heavy (non-hydrogen) atoms. The molecule has 0 aliphatic carbocycles. The van der Waals surface area contributed by atoms with E-state index in [-0.39, 0.29) is 6.04 Å². The standard InChI is InChI=1S/C30H35NO6/c1-4-36-28-18-23(13-15-26(28)37-20-21-9-6-5-7-10-21)29(31-16-8-11-24(19-31)30(32)33)22-12-14-25(34-2)27(17-22)35-3/h5-7,9-10,12-15,17-18,24,29H,4,8,11,16,19-20H2,1-3H3,(H,32,33). The largest absolute Gasteiger partial charge is 0.493 e. The molecule has 7 heteroatoms. The number of rotatable bonds is 11. The molecule has 0 amide bonds. The smallest absolute Gasteiger partial charge is 0.307 e. The third kappa shape index (κ3) is 6.35. The molecule has 4 rings (SSSR count). The van der Waals surface area contributed by atoms with Gasteiger partial charge in [-0.25, -0.2) is 0 Å². The van der Waals surface area contributed by atoms with Crippen molar-refractivity contribution in [3.8, 4) is 23.0 Å². The molecular formula is C30H35NO6. The van der Waals surface area contributed by atoms with Crippen LogP contribution in [0, 0.1) is 5.92 Å². The second-order valence-corrected chi connectivity index (χ2v) is 9.10. The van der Waals surface area contributed by atoms with Crippen LogP contribution in [0.5, 0.6) is 23.0 Å². The highest BCUT2D eigenvalue weighted by molar-refractivity contribution is 5.70. The summed E-state index contributed by atoms with van der Waals surface area (Å²) in [6, 6.07) is 21.7. The Morgan fingerprint density at radius 3 is 2.24 bits per heavy atom. The molecule has 1 aliphatic rings. The Morgan fingerprint density at radius 2 is 1.59 bits per heavy atom. The van der Waals surface area contributed by atoms with Gasteiger partial charge in [-0.15, -0.1) is 0 Å². The van der Waals surface area contributed by atoms with Gasteiger partial charge in [0, 0.05) is 6.54 Å². The van der Waals surface area contributed by atoms with E-state index in [0.717, 1.165) is 29.7 Å². The van der Waals surface area contributed by atoms with E-state index in [1.807, 2.05) is 73.7 Å². The van der Waals surface area contributed by atoms with Gasteiger partial charge in [-0.05, 0) is 67.3 Å². The molecule has 1 heterocycles. The summed E-state index contributed by atoms with van der Waals surface area (Å²) in [7, 11) is 3.23. The van der Waals surface area contributed by atoms with Crippen molar-refractivity contribution in [3.63, 3.8) is 0 Å². The van der Waals surface area contributed by atoms with E-state index in [1.54, 1.807) is 14.2 Å². The van der Waals surface area contributed by atoms with Crippen LogP contribution in [-0.2, 0) is 11.4 Å². The number of carboxylic acids is 1. The number of aliphatic carboxylic acids is 1. The predicted molar refractivity (Wildman–Crippen MR) is 142 cm³/mol. The molecule has 1 fully saturated rings. The van der Waals surface area contributed by atoms with E-state index in [0.29, 0.717) is 49.2 Å². The molecule has 2 unspecified atom stereocenters. The number of hydrogen-bond acceptors (Lipinski definition) is 6. The Labute approximate surface area is 218 Å². The Morgan fingerprint density at radius 1 is 0.919 bits per heavy atom. The first-order chi connectivity index (χ1) is 18.0. The quantitative estimate of drug-likeness (QED) is 0.365. The lowest BCUT2D eigenvalue weighted by molar-refractivity contribution is -0.143. The molecule has 0 radical (unpaired) electrons. The highest BCUT2D eigenvalue weighted by atomic mass is 16.5. The minimum atomic E-state index is -0.754. The number of likely N-dealkylation sites (tertiary alicyclic amines) is 1. The summed E-state index contributed by atoms with van der Waals surface area (Å²) >= 11 is 0. The molecule has 0 spiro atoms. The fraction of sp³-hybridized carbons (Fsp3) is 0.367. The Balaban J connectivity index is 1.71. The van der Waals surface area contributed by atoms with Crippen molar-refractivity contribution in [2.75, 3.05) is 33.9 Å². The van der Waals surface area contributed by atoms with Crippen LogP contribution < -0.4 is 18.9 Å². The first-order valence-electron chi connectivity index (χ1n) is 12.7. The summed E-state index contributed by atoms with van der Waals surface area (Å²) in [6.45, 7) is 4.13. The number of nitrogens with zero attached hydrogens (tertiary/aromatic N) is 1. The maximum atomic E-state index is 11.9. The summed E-state index contributed by atoms with van der Waals surface area (Å²) in [5, 5.41) is 9.73. The van der Waals surface area contributed by atoms with E-state index < -0.39 is 11.9 Å². The molecule has 1 N–H and O–H groups in total. The zero-order chi connectivity index (χ0) is 26.2. The zero-order valence-corrected chi connectivity index (χ0v) is 21.7. The molecule has 3 aromatic carbocycles. The van der Waals surface area contributed by atoms with Crippen molar-refractivity contribution in [1.82, 2.24) is 4.90 Å². The molecule has 196 valence electrons. The van der Waals surface area contributed by atoms with E-state index in [2.05, 4.69) is 4.90 Å². The van der Waals surface area contributed by atoms with Crippen LogP contribution in [0.2, 0.25) is 0 Å². The lowest BCUT2D eigenvalue weighted by Crippen LogP contribution is -2.41. The average molecular weight is 506 g/mol. The van der Waals surface area contributed by atoms with Crippen LogP contribution in [0.25, 0.3) is 0 Å². The van der Waals surface area contributed by atoms with Crippen molar-refractivity contribution in [2.45, 2.75) is 32.4 Å². The third-order valence-corrected chi connectivity index (χ3v) is 6.71. The van der Waals surface area contributed by atoms with Gasteiger partial charge in [0.2, 0.25) is 0 Å². The van der Waals surface area contributed by atoms with Gasteiger partial charge >= 0.3 is 5.97 Å². The molecule has 3 aromatic rings. The number of carboxylic acid groups (broad SMARTS) is 1. The maximum Gasteiger partial charge on any atom is 0.307 e. The normalized spacial score (nSPS) is 16.6. The maximum absolute atomic E-state index is 11.9. The van der Waals surface area contributed by atoms with E-state index >= 15 is 0 Å². The van der Waals surface area contributed by atoms with Crippen molar-refractivity contribution < 1.29 is 28.8 Å². The van der Waals surface area contributed by atoms with Gasteiger partial charge in [-0.2, -0.15) is 0 Å². The minimum absolute atomic E-state index is 0.190. The van der Waals surface area contributed by atoms with Gasteiger partial charge in [-0.3, -0.25) is 9.69 Å². The van der Waals surface area contributed by atoms with Crippen LogP contribution >= 0.6 is 0 Å². The van der Waals surface area contributed by atoms with Crippen LogP contribution in [0.1, 0.15) is 42.5 Å². The van der Waals surface area contributed by atoms with Gasteiger partial charge in [0.25, 0.3) is 0 Å². The van der Waals surface area contributed by atoms with Gasteiger partial charge in [0.1, 0.15) is 6.61 Å². The Kier molecular flexibility index (Phi) is 8.90. The Hall–Kier alpha value is -3.71. The molecule has 1 saturated heterocycles. The Bertz CT molecular complexity index is 1180. The van der Waals surface area contributed by atoms with Gasteiger partial charge in [0.15, 0.2) is 23.0 Å². The van der Waals surface area contributed by atoms with Crippen molar-refractivity contribution >= 4 is 5.97 Å². The molecule has 0 saturated carbocycles. The lowest BCUT2D eigenvalue weighted by atomic mass is 9.91. The van der Waals surface area contributed by atoms with Crippen LogP contribution in [0.4, 0.5) is 0 Å². The van der Waals surface area contributed by atoms with Crippen molar-refractivity contribution in [3.05, 3.63) is 83.4 Å². The summed E-state index contributed by atoms with van der Waals surface area (Å²) in [4.78, 5) is 14.1. The topological polar surface area (TPSA) is 77.5 Å². The zero-order valence-electron chi connectivity index (χ0n) is 21.7. The molecule has 0 aromatic heterocycles. The number of methoxy groups -OCH3 is 2. The molecule has 2 atom stereocenters. The predicted octanol–water partition coefficient (Wildman–Crippen LogP) is 5.57. The fourth-order valence-corrected chi connectivity index (χ4v) is 4.90. The SMILES string of the molecule is CCOc1cc(C(c2ccc(OC)c(OC)c2)N2CCCC(C(=O)O)C2)ccc1OCc1ccccc1. The summed E-state index contributed by atoms with van der Waals surface area (Å²) in [5.74, 6) is 1.44. The molecular weight excluding hydrogens is 470 g/mol. The van der Waals surface area contributed by atoms with Gasteiger partial charge in [-0.1, -0.05) is 42.5 Å². The first kappa shape index (κ1) is 26.4. The second kappa shape index (κ2) is 12.5. The highest BCUT2D eigenvalue weighted by Gasteiger charge is 2.32.